The lowest BCUT2D eigenvalue weighted by molar-refractivity contribution is -0.112. The Morgan fingerprint density at radius 1 is 1.20 bits per heavy atom. The van der Waals surface area contributed by atoms with Crippen LogP contribution >= 0.6 is 0 Å². The molecular formula is C22H19N5O3. The van der Waals surface area contributed by atoms with Crippen LogP contribution in [0.1, 0.15) is 22.8 Å². The molecule has 0 aliphatic rings. The van der Waals surface area contributed by atoms with E-state index in [4.69, 9.17) is 4.74 Å². The molecule has 8 heteroatoms. The number of rotatable bonds is 6. The minimum Gasteiger partial charge on any atom is -0.462 e. The Balaban J connectivity index is 1.82. The molecule has 150 valence electrons. The molecule has 1 N–H and O–H groups in total. The molecule has 0 fully saturated rings. The zero-order chi connectivity index (χ0) is 21.5. The fourth-order valence-corrected chi connectivity index (χ4v) is 2.75. The molecule has 0 spiro atoms. The second-order valence-corrected chi connectivity index (χ2v) is 6.26. The Morgan fingerprint density at radius 2 is 1.90 bits per heavy atom. The van der Waals surface area contributed by atoms with Gasteiger partial charge in [-0.3, -0.25) is 14.5 Å². The lowest BCUT2D eigenvalue weighted by atomic mass is 10.1. The SMILES string of the molecule is CCOC(=O)c1ccc(NC(=O)C(C#N)=Cc2cn(C)nc2-c2ccncc2)cc1. The van der Waals surface area contributed by atoms with Crippen LogP contribution in [0.5, 0.6) is 0 Å². The number of anilines is 1. The van der Waals surface area contributed by atoms with Crippen molar-refractivity contribution in [2.45, 2.75) is 6.92 Å². The second-order valence-electron chi connectivity index (χ2n) is 6.26. The number of esters is 1. The number of ether oxygens (including phenoxy) is 1. The molecule has 2 heterocycles. The van der Waals surface area contributed by atoms with Crippen molar-refractivity contribution in [1.29, 1.82) is 5.26 Å². The lowest BCUT2D eigenvalue weighted by Gasteiger charge is -2.06. The summed E-state index contributed by atoms with van der Waals surface area (Å²) < 4.78 is 6.54. The van der Waals surface area contributed by atoms with E-state index in [0.29, 0.717) is 22.5 Å². The largest absolute Gasteiger partial charge is 0.462 e. The third kappa shape index (κ3) is 4.77. The summed E-state index contributed by atoms with van der Waals surface area (Å²) in [7, 11) is 1.76. The Morgan fingerprint density at radius 3 is 2.53 bits per heavy atom. The van der Waals surface area contributed by atoms with Gasteiger partial charge in [0.1, 0.15) is 11.6 Å². The molecular weight excluding hydrogens is 382 g/mol. The standard InChI is InChI=1S/C22H19N5O3/c1-3-30-22(29)16-4-6-19(7-5-16)25-21(28)17(13-23)12-18-14-27(2)26-20(18)15-8-10-24-11-9-15/h4-12,14H,3H2,1-2H3,(H,25,28). The highest BCUT2D eigenvalue weighted by Crippen LogP contribution is 2.23. The van der Waals surface area contributed by atoms with Gasteiger partial charge in [0.25, 0.3) is 5.91 Å². The molecule has 1 amide bonds. The molecule has 0 atom stereocenters. The first-order valence-corrected chi connectivity index (χ1v) is 9.16. The summed E-state index contributed by atoms with van der Waals surface area (Å²) in [4.78, 5) is 28.3. The summed E-state index contributed by atoms with van der Waals surface area (Å²) in [6.07, 6.45) is 6.52. The van der Waals surface area contributed by atoms with Gasteiger partial charge < -0.3 is 10.1 Å². The highest BCUT2D eigenvalue weighted by atomic mass is 16.5. The number of carbonyl (C=O) groups is 2. The predicted molar refractivity (Wildman–Crippen MR) is 111 cm³/mol. The van der Waals surface area contributed by atoms with Crippen molar-refractivity contribution in [2.75, 3.05) is 11.9 Å². The molecule has 0 aliphatic heterocycles. The van der Waals surface area contributed by atoms with E-state index in [-0.39, 0.29) is 12.2 Å². The monoisotopic (exact) mass is 401 g/mol. The molecule has 0 saturated carbocycles. The minimum atomic E-state index is -0.564. The van der Waals surface area contributed by atoms with Crippen LogP contribution in [0.4, 0.5) is 5.69 Å². The predicted octanol–water partition coefficient (Wildman–Crippen LogP) is 3.20. The van der Waals surface area contributed by atoms with Gasteiger partial charge in [0.2, 0.25) is 0 Å². The van der Waals surface area contributed by atoms with E-state index in [1.165, 1.54) is 6.08 Å². The molecule has 3 aromatic rings. The van der Waals surface area contributed by atoms with Crippen molar-refractivity contribution >= 4 is 23.6 Å². The number of nitrogens with zero attached hydrogens (tertiary/aromatic N) is 4. The van der Waals surface area contributed by atoms with Crippen LogP contribution in [0.2, 0.25) is 0 Å². The van der Waals surface area contributed by atoms with Gasteiger partial charge in [0.15, 0.2) is 0 Å². The first-order valence-electron chi connectivity index (χ1n) is 9.16. The molecule has 0 radical (unpaired) electrons. The molecule has 0 bridgehead atoms. The normalized spacial score (nSPS) is 10.9. The molecule has 3 rings (SSSR count). The maximum Gasteiger partial charge on any atom is 0.338 e. The van der Waals surface area contributed by atoms with Gasteiger partial charge in [-0.1, -0.05) is 0 Å². The molecule has 1 aromatic carbocycles. The quantitative estimate of drug-likeness (QED) is 0.386. The maximum atomic E-state index is 12.6. The van der Waals surface area contributed by atoms with Crippen molar-refractivity contribution in [2.24, 2.45) is 7.05 Å². The summed E-state index contributed by atoms with van der Waals surface area (Å²) in [6, 6.07) is 11.8. The van der Waals surface area contributed by atoms with Crippen LogP contribution in [-0.4, -0.2) is 33.2 Å². The average molecular weight is 401 g/mol. The van der Waals surface area contributed by atoms with Gasteiger partial charge >= 0.3 is 5.97 Å². The number of carbonyl (C=O) groups excluding carboxylic acids is 2. The number of aromatic nitrogens is 3. The topological polar surface area (TPSA) is 110 Å². The minimum absolute atomic E-state index is 0.0761. The zero-order valence-corrected chi connectivity index (χ0v) is 16.5. The second kappa shape index (κ2) is 9.30. The van der Waals surface area contributed by atoms with E-state index in [0.717, 1.165) is 5.56 Å². The average Bonchev–Trinajstić information content (AvgIpc) is 3.13. The zero-order valence-electron chi connectivity index (χ0n) is 16.5. The van der Waals surface area contributed by atoms with Gasteiger partial charge in [0.05, 0.1) is 17.9 Å². The lowest BCUT2D eigenvalue weighted by Crippen LogP contribution is -2.13. The van der Waals surface area contributed by atoms with Gasteiger partial charge in [-0.05, 0) is 49.4 Å². The Labute approximate surface area is 173 Å². The van der Waals surface area contributed by atoms with Gasteiger partial charge in [-0.2, -0.15) is 10.4 Å². The van der Waals surface area contributed by atoms with Crippen LogP contribution in [0, 0.1) is 11.3 Å². The molecule has 0 saturated heterocycles. The van der Waals surface area contributed by atoms with Crippen molar-refractivity contribution < 1.29 is 14.3 Å². The van der Waals surface area contributed by atoms with Crippen LogP contribution in [-0.2, 0) is 16.6 Å². The smallest absolute Gasteiger partial charge is 0.338 e. The van der Waals surface area contributed by atoms with Crippen LogP contribution in [0.15, 0.2) is 60.6 Å². The van der Waals surface area contributed by atoms with E-state index in [2.05, 4.69) is 15.4 Å². The number of amides is 1. The third-order valence-corrected chi connectivity index (χ3v) is 4.13. The van der Waals surface area contributed by atoms with E-state index >= 15 is 0 Å². The molecule has 30 heavy (non-hydrogen) atoms. The Hall–Kier alpha value is -4.25. The number of nitriles is 1. The highest BCUT2D eigenvalue weighted by molar-refractivity contribution is 6.10. The highest BCUT2D eigenvalue weighted by Gasteiger charge is 2.14. The Kier molecular flexibility index (Phi) is 6.35. The van der Waals surface area contributed by atoms with E-state index in [9.17, 15) is 14.9 Å². The summed E-state index contributed by atoms with van der Waals surface area (Å²) in [5.41, 5.74) is 2.85. The van der Waals surface area contributed by atoms with Crippen molar-refractivity contribution in [3.05, 3.63) is 71.7 Å². The number of benzene rings is 1. The van der Waals surface area contributed by atoms with Crippen LogP contribution < -0.4 is 5.32 Å². The molecule has 0 aliphatic carbocycles. The number of hydrogen-bond acceptors (Lipinski definition) is 6. The van der Waals surface area contributed by atoms with Crippen molar-refractivity contribution in [1.82, 2.24) is 14.8 Å². The van der Waals surface area contributed by atoms with Gasteiger partial charge in [-0.15, -0.1) is 0 Å². The third-order valence-electron chi connectivity index (χ3n) is 4.13. The van der Waals surface area contributed by atoms with Crippen molar-refractivity contribution in [3.63, 3.8) is 0 Å². The molecule has 8 nitrogen and oxygen atoms in total. The van der Waals surface area contributed by atoms with Crippen LogP contribution in [0.3, 0.4) is 0 Å². The van der Waals surface area contributed by atoms with Crippen molar-refractivity contribution in [3.8, 4) is 17.3 Å². The number of pyridine rings is 1. The fraction of sp³-hybridized carbons (Fsp3) is 0.136. The van der Waals surface area contributed by atoms with Gasteiger partial charge in [0, 0.05) is 42.5 Å². The van der Waals surface area contributed by atoms with E-state index in [1.807, 2.05) is 6.07 Å². The first kappa shape index (κ1) is 20.5. The number of aryl methyl sites for hydroxylation is 1. The fourth-order valence-electron chi connectivity index (χ4n) is 2.75. The molecule has 0 unspecified atom stereocenters. The Bertz CT molecular complexity index is 1130. The van der Waals surface area contributed by atoms with Gasteiger partial charge in [-0.25, -0.2) is 4.79 Å². The maximum absolute atomic E-state index is 12.6. The first-order chi connectivity index (χ1) is 14.5. The van der Waals surface area contributed by atoms with E-state index < -0.39 is 11.9 Å². The van der Waals surface area contributed by atoms with Crippen LogP contribution in [0.25, 0.3) is 17.3 Å². The van der Waals surface area contributed by atoms with E-state index in [1.54, 1.807) is 73.6 Å². The molecule has 2 aromatic heterocycles. The summed E-state index contributed by atoms with van der Waals surface area (Å²) >= 11 is 0. The summed E-state index contributed by atoms with van der Waals surface area (Å²) in [5, 5.41) is 16.6. The number of hydrogen-bond donors (Lipinski definition) is 1. The number of nitrogens with one attached hydrogen (secondary N) is 1. The summed E-state index contributed by atoms with van der Waals surface area (Å²) in [5.74, 6) is -1.00. The summed E-state index contributed by atoms with van der Waals surface area (Å²) in [6.45, 7) is 2.01.